The van der Waals surface area contributed by atoms with Gasteiger partial charge in [0.25, 0.3) is 0 Å². The molecule has 5 heteroatoms. The number of rotatable bonds is 4. The van der Waals surface area contributed by atoms with E-state index >= 15 is 0 Å². The first-order valence-electron chi connectivity index (χ1n) is 8.37. The van der Waals surface area contributed by atoms with Gasteiger partial charge in [-0.3, -0.25) is 0 Å². The lowest BCUT2D eigenvalue weighted by Crippen LogP contribution is -2.15. The van der Waals surface area contributed by atoms with E-state index in [-0.39, 0.29) is 11.9 Å². The van der Waals surface area contributed by atoms with Gasteiger partial charge in [0, 0.05) is 23.4 Å². The van der Waals surface area contributed by atoms with Crippen molar-refractivity contribution in [3.05, 3.63) is 59.7 Å². The zero-order valence-corrected chi connectivity index (χ0v) is 15.0. The number of ether oxygens (including phenoxy) is 1. The highest BCUT2D eigenvalue weighted by molar-refractivity contribution is 5.92. The third-order valence-corrected chi connectivity index (χ3v) is 4.05. The molecule has 1 unspecified atom stereocenters. The van der Waals surface area contributed by atoms with Crippen LogP contribution in [-0.4, -0.2) is 23.1 Å². The third-order valence-electron chi connectivity index (χ3n) is 4.05. The van der Waals surface area contributed by atoms with E-state index in [9.17, 15) is 4.39 Å². The van der Waals surface area contributed by atoms with Crippen molar-refractivity contribution in [1.82, 2.24) is 9.97 Å². The highest BCUT2D eigenvalue weighted by Crippen LogP contribution is 2.27. The van der Waals surface area contributed by atoms with Crippen LogP contribution in [0.3, 0.4) is 0 Å². The maximum absolute atomic E-state index is 13.1. The summed E-state index contributed by atoms with van der Waals surface area (Å²) in [4.78, 5) is 8.65. The van der Waals surface area contributed by atoms with Crippen LogP contribution in [0.2, 0.25) is 0 Å². The fourth-order valence-electron chi connectivity index (χ4n) is 2.69. The van der Waals surface area contributed by atoms with E-state index in [0.29, 0.717) is 12.2 Å². The summed E-state index contributed by atoms with van der Waals surface area (Å²) in [6, 6.07) is 10.5. The molecule has 0 amide bonds. The molecule has 0 aliphatic heterocycles. The van der Waals surface area contributed by atoms with Crippen LogP contribution >= 0.6 is 0 Å². The average molecular weight is 349 g/mol. The summed E-state index contributed by atoms with van der Waals surface area (Å²) in [5.41, 5.74) is 2.45. The van der Waals surface area contributed by atoms with Crippen molar-refractivity contribution in [2.24, 2.45) is 0 Å². The maximum Gasteiger partial charge on any atom is 0.145 e. The number of halogens is 1. The number of aryl methyl sites for hydroxylation is 1. The molecule has 1 atom stereocenters. The molecule has 132 valence electrons. The van der Waals surface area contributed by atoms with Crippen LogP contribution in [0.4, 0.5) is 10.2 Å². The Kier molecular flexibility index (Phi) is 5.33. The second-order valence-electron chi connectivity index (χ2n) is 6.09. The van der Waals surface area contributed by atoms with Crippen molar-refractivity contribution in [2.45, 2.75) is 26.3 Å². The number of nitrogens with one attached hydrogen (secondary N) is 1. The van der Waals surface area contributed by atoms with E-state index in [4.69, 9.17) is 4.74 Å². The Morgan fingerprint density at radius 2 is 2.08 bits per heavy atom. The molecule has 3 aromatic rings. The minimum absolute atomic E-state index is 0.0903. The van der Waals surface area contributed by atoms with Crippen LogP contribution < -0.4 is 10.1 Å². The smallest absolute Gasteiger partial charge is 0.145 e. The molecule has 3 rings (SSSR count). The number of anilines is 1. The normalized spacial score (nSPS) is 11.5. The molecule has 0 saturated carbocycles. The van der Waals surface area contributed by atoms with E-state index in [2.05, 4.69) is 27.1 Å². The average Bonchev–Trinajstić information content (AvgIpc) is 2.63. The Morgan fingerprint density at radius 3 is 2.85 bits per heavy atom. The molecular weight excluding hydrogens is 329 g/mol. The molecule has 26 heavy (non-hydrogen) atoms. The van der Waals surface area contributed by atoms with Gasteiger partial charge in [0.1, 0.15) is 29.2 Å². The number of fused-ring (bicyclic) bond motifs is 1. The van der Waals surface area contributed by atoms with E-state index in [0.717, 1.165) is 27.8 Å². The predicted octanol–water partition coefficient (Wildman–Crippen LogP) is 4.33. The lowest BCUT2D eigenvalue weighted by atomic mass is 10.1. The number of para-hydroxylation sites is 1. The van der Waals surface area contributed by atoms with E-state index < -0.39 is 0 Å². The van der Waals surface area contributed by atoms with E-state index in [1.54, 1.807) is 13.2 Å². The molecule has 0 fully saturated rings. The minimum Gasteiger partial charge on any atom is -0.494 e. The molecule has 4 nitrogen and oxygen atoms in total. The fraction of sp³-hybridized carbons (Fsp3) is 0.238. The number of nitrogens with zero attached hydrogens (tertiary/aromatic N) is 2. The molecule has 0 aliphatic carbocycles. The molecule has 0 aliphatic rings. The number of benzene rings is 2. The number of methoxy groups -OCH3 is 1. The molecule has 1 N–H and O–H groups in total. The SMILES string of the molecule is COc1cccc2c(NC(C)CC#Cc3ccc(F)cc3C)ncnc12. The summed E-state index contributed by atoms with van der Waals surface area (Å²) in [6.45, 7) is 3.90. The van der Waals surface area contributed by atoms with Gasteiger partial charge in [-0.25, -0.2) is 14.4 Å². The number of aromatic nitrogens is 2. The van der Waals surface area contributed by atoms with Crippen LogP contribution in [-0.2, 0) is 0 Å². The van der Waals surface area contributed by atoms with Gasteiger partial charge in [-0.05, 0) is 49.7 Å². The second-order valence-corrected chi connectivity index (χ2v) is 6.09. The van der Waals surface area contributed by atoms with Gasteiger partial charge in [-0.1, -0.05) is 17.9 Å². The summed E-state index contributed by atoms with van der Waals surface area (Å²) in [7, 11) is 1.62. The summed E-state index contributed by atoms with van der Waals surface area (Å²) in [5, 5.41) is 4.28. The van der Waals surface area contributed by atoms with Crippen molar-refractivity contribution < 1.29 is 9.13 Å². The number of hydrogen-bond donors (Lipinski definition) is 1. The molecule has 0 bridgehead atoms. The highest BCUT2D eigenvalue weighted by atomic mass is 19.1. The van der Waals surface area contributed by atoms with Crippen LogP contribution in [0.1, 0.15) is 24.5 Å². The molecule has 0 spiro atoms. The summed E-state index contributed by atoms with van der Waals surface area (Å²) < 4.78 is 18.5. The van der Waals surface area contributed by atoms with Crippen LogP contribution in [0.5, 0.6) is 5.75 Å². The summed E-state index contributed by atoms with van der Waals surface area (Å²) >= 11 is 0. The topological polar surface area (TPSA) is 47.0 Å². The van der Waals surface area contributed by atoms with E-state index in [1.807, 2.05) is 32.0 Å². The molecular formula is C21H20FN3O. The Balaban J connectivity index is 1.74. The molecule has 1 heterocycles. The van der Waals surface area contributed by atoms with Crippen LogP contribution in [0, 0.1) is 24.6 Å². The van der Waals surface area contributed by atoms with Gasteiger partial charge in [0.15, 0.2) is 0 Å². The van der Waals surface area contributed by atoms with Crippen LogP contribution in [0.25, 0.3) is 10.9 Å². The minimum atomic E-state index is -0.242. The lowest BCUT2D eigenvalue weighted by molar-refractivity contribution is 0.419. The van der Waals surface area contributed by atoms with Crippen molar-refractivity contribution in [1.29, 1.82) is 0 Å². The maximum atomic E-state index is 13.1. The first kappa shape index (κ1) is 17.7. The Labute approximate surface area is 152 Å². The quantitative estimate of drug-likeness (QED) is 0.712. The molecule has 2 aromatic carbocycles. The predicted molar refractivity (Wildman–Crippen MR) is 102 cm³/mol. The number of hydrogen-bond acceptors (Lipinski definition) is 4. The van der Waals surface area contributed by atoms with Gasteiger partial charge in [-0.2, -0.15) is 0 Å². The first-order chi connectivity index (χ1) is 12.6. The van der Waals surface area contributed by atoms with Gasteiger partial charge >= 0.3 is 0 Å². The summed E-state index contributed by atoms with van der Waals surface area (Å²) in [5.74, 6) is 7.48. The Bertz CT molecular complexity index is 991. The van der Waals surface area contributed by atoms with Gasteiger partial charge in [-0.15, -0.1) is 0 Å². The first-order valence-corrected chi connectivity index (χ1v) is 8.37. The highest BCUT2D eigenvalue weighted by Gasteiger charge is 2.09. The Morgan fingerprint density at radius 1 is 1.23 bits per heavy atom. The van der Waals surface area contributed by atoms with Crippen molar-refractivity contribution in [3.63, 3.8) is 0 Å². The van der Waals surface area contributed by atoms with Crippen molar-refractivity contribution in [2.75, 3.05) is 12.4 Å². The third kappa shape index (κ3) is 3.92. The molecule has 0 radical (unpaired) electrons. The summed E-state index contributed by atoms with van der Waals surface area (Å²) in [6.07, 6.45) is 2.15. The molecule has 1 aromatic heterocycles. The largest absolute Gasteiger partial charge is 0.494 e. The standard InChI is InChI=1S/C21H20FN3O/c1-14-12-17(22)11-10-16(14)7-4-6-15(2)25-21-18-8-5-9-19(26-3)20(18)23-13-24-21/h5,8-13,15H,6H2,1-3H3,(H,23,24,25). The van der Waals surface area contributed by atoms with Crippen molar-refractivity contribution in [3.8, 4) is 17.6 Å². The van der Waals surface area contributed by atoms with Gasteiger partial charge in [0.05, 0.1) is 7.11 Å². The lowest BCUT2D eigenvalue weighted by Gasteiger charge is -2.14. The zero-order chi connectivity index (χ0) is 18.5. The monoisotopic (exact) mass is 349 g/mol. The van der Waals surface area contributed by atoms with Gasteiger partial charge < -0.3 is 10.1 Å². The fourth-order valence-corrected chi connectivity index (χ4v) is 2.69. The van der Waals surface area contributed by atoms with E-state index in [1.165, 1.54) is 18.5 Å². The van der Waals surface area contributed by atoms with Crippen LogP contribution in [0.15, 0.2) is 42.7 Å². The van der Waals surface area contributed by atoms with Gasteiger partial charge in [0.2, 0.25) is 0 Å². The zero-order valence-electron chi connectivity index (χ0n) is 15.0. The second kappa shape index (κ2) is 7.83. The Hall–Kier alpha value is -3.13. The van der Waals surface area contributed by atoms with Crippen molar-refractivity contribution >= 4 is 16.7 Å². The molecule has 0 saturated heterocycles.